The van der Waals surface area contributed by atoms with E-state index in [9.17, 15) is 0 Å². The van der Waals surface area contributed by atoms with Crippen LogP contribution in [0, 0.1) is 18.3 Å². The van der Waals surface area contributed by atoms with Crippen molar-refractivity contribution in [2.75, 3.05) is 11.9 Å². The Morgan fingerprint density at radius 2 is 2.27 bits per heavy atom. The summed E-state index contributed by atoms with van der Waals surface area (Å²) in [5.74, 6) is 0.607. The Hall–Kier alpha value is -1.60. The lowest BCUT2D eigenvalue weighted by Gasteiger charge is -2.19. The van der Waals surface area contributed by atoms with Gasteiger partial charge >= 0.3 is 0 Å². The van der Waals surface area contributed by atoms with Crippen LogP contribution >= 0.6 is 0 Å². The third-order valence-electron chi connectivity index (χ3n) is 1.98. The number of nitrogens with two attached hydrogens (primary N) is 1. The summed E-state index contributed by atoms with van der Waals surface area (Å²) in [6, 6.07) is 3.95. The predicted molar refractivity (Wildman–Crippen MR) is 60.4 cm³/mol. The van der Waals surface area contributed by atoms with Crippen LogP contribution in [0.3, 0.4) is 0 Å². The standard InChI is InChI=1S/C11H16N4/c1-8-4-5-14-10(9(8)6-12)15-7-11(2,3)13/h4-5H,7,13H2,1-3H3,(H,14,15). The molecule has 0 fully saturated rings. The normalized spacial score (nSPS) is 10.9. The smallest absolute Gasteiger partial charge is 0.144 e. The highest BCUT2D eigenvalue weighted by atomic mass is 15.0. The molecule has 0 saturated heterocycles. The third-order valence-corrected chi connectivity index (χ3v) is 1.98. The van der Waals surface area contributed by atoms with Crippen LogP contribution in [-0.2, 0) is 0 Å². The molecule has 1 aromatic rings. The van der Waals surface area contributed by atoms with Crippen LogP contribution in [-0.4, -0.2) is 17.1 Å². The SMILES string of the molecule is Cc1ccnc(NCC(C)(C)N)c1C#N. The van der Waals surface area contributed by atoms with Gasteiger partial charge < -0.3 is 11.1 Å². The molecule has 4 heteroatoms. The minimum Gasteiger partial charge on any atom is -0.367 e. The van der Waals surface area contributed by atoms with E-state index in [-0.39, 0.29) is 5.54 Å². The van der Waals surface area contributed by atoms with E-state index in [4.69, 9.17) is 11.0 Å². The highest BCUT2D eigenvalue weighted by Crippen LogP contribution is 2.15. The monoisotopic (exact) mass is 204 g/mol. The van der Waals surface area contributed by atoms with E-state index in [2.05, 4.69) is 16.4 Å². The van der Waals surface area contributed by atoms with Gasteiger partial charge in [0.05, 0.1) is 5.56 Å². The third kappa shape index (κ3) is 3.22. The molecule has 3 N–H and O–H groups in total. The molecule has 1 aromatic heterocycles. The summed E-state index contributed by atoms with van der Waals surface area (Å²) in [6.07, 6.45) is 1.68. The average molecular weight is 204 g/mol. The number of hydrogen-bond donors (Lipinski definition) is 2. The fourth-order valence-corrected chi connectivity index (χ4v) is 1.14. The number of pyridine rings is 1. The average Bonchev–Trinajstić information content (AvgIpc) is 2.13. The molecule has 0 aromatic carbocycles. The van der Waals surface area contributed by atoms with Gasteiger partial charge in [0.2, 0.25) is 0 Å². The Morgan fingerprint density at radius 1 is 1.60 bits per heavy atom. The first-order chi connectivity index (χ1) is 6.94. The minimum atomic E-state index is -0.321. The Morgan fingerprint density at radius 3 is 2.80 bits per heavy atom. The van der Waals surface area contributed by atoms with E-state index in [0.29, 0.717) is 17.9 Å². The van der Waals surface area contributed by atoms with Crippen molar-refractivity contribution in [3.05, 3.63) is 23.4 Å². The van der Waals surface area contributed by atoms with Crippen molar-refractivity contribution in [3.8, 4) is 6.07 Å². The summed E-state index contributed by atoms with van der Waals surface area (Å²) in [6.45, 7) is 6.31. The molecule has 0 unspecified atom stereocenters. The summed E-state index contributed by atoms with van der Waals surface area (Å²) < 4.78 is 0. The number of nitrogens with one attached hydrogen (secondary N) is 1. The van der Waals surface area contributed by atoms with Crippen molar-refractivity contribution in [2.24, 2.45) is 5.73 Å². The number of hydrogen-bond acceptors (Lipinski definition) is 4. The summed E-state index contributed by atoms with van der Waals surface area (Å²) in [5.41, 5.74) is 7.02. The van der Waals surface area contributed by atoms with Crippen LogP contribution in [0.25, 0.3) is 0 Å². The largest absolute Gasteiger partial charge is 0.367 e. The molecule has 0 saturated carbocycles. The lowest BCUT2D eigenvalue weighted by atomic mass is 10.1. The summed E-state index contributed by atoms with van der Waals surface area (Å²) >= 11 is 0. The quantitative estimate of drug-likeness (QED) is 0.780. The van der Waals surface area contributed by atoms with Crippen molar-refractivity contribution < 1.29 is 0 Å². The number of aryl methyl sites for hydroxylation is 1. The molecule has 1 heterocycles. The number of anilines is 1. The molecule has 80 valence electrons. The minimum absolute atomic E-state index is 0.321. The molecule has 4 nitrogen and oxygen atoms in total. The van der Waals surface area contributed by atoms with Crippen LogP contribution in [0.5, 0.6) is 0 Å². The van der Waals surface area contributed by atoms with E-state index in [1.54, 1.807) is 6.20 Å². The van der Waals surface area contributed by atoms with Gasteiger partial charge in [-0.15, -0.1) is 0 Å². The van der Waals surface area contributed by atoms with Gasteiger partial charge in [0, 0.05) is 18.3 Å². The Kier molecular flexibility index (Phi) is 3.28. The first kappa shape index (κ1) is 11.5. The summed E-state index contributed by atoms with van der Waals surface area (Å²) in [7, 11) is 0. The second kappa shape index (κ2) is 4.28. The molecule has 0 bridgehead atoms. The number of nitrogens with zero attached hydrogens (tertiary/aromatic N) is 2. The Labute approximate surface area is 90.1 Å². The van der Waals surface area contributed by atoms with Gasteiger partial charge in [-0.3, -0.25) is 0 Å². The van der Waals surface area contributed by atoms with E-state index >= 15 is 0 Å². The molecule has 0 radical (unpaired) electrons. The van der Waals surface area contributed by atoms with Crippen LogP contribution in [0.15, 0.2) is 12.3 Å². The lowest BCUT2D eigenvalue weighted by molar-refractivity contribution is 0.548. The number of aromatic nitrogens is 1. The molecule has 0 spiro atoms. The first-order valence-corrected chi connectivity index (χ1v) is 4.82. The molecular formula is C11H16N4. The van der Waals surface area contributed by atoms with Crippen LogP contribution in [0.4, 0.5) is 5.82 Å². The van der Waals surface area contributed by atoms with E-state index < -0.39 is 0 Å². The number of rotatable bonds is 3. The van der Waals surface area contributed by atoms with Crippen molar-refractivity contribution in [1.29, 1.82) is 5.26 Å². The molecule has 0 aliphatic carbocycles. The van der Waals surface area contributed by atoms with Gasteiger partial charge in [0.15, 0.2) is 0 Å². The van der Waals surface area contributed by atoms with Crippen molar-refractivity contribution >= 4 is 5.82 Å². The van der Waals surface area contributed by atoms with Crippen molar-refractivity contribution in [3.63, 3.8) is 0 Å². The van der Waals surface area contributed by atoms with Crippen LogP contribution in [0.2, 0.25) is 0 Å². The topological polar surface area (TPSA) is 74.7 Å². The lowest BCUT2D eigenvalue weighted by Crippen LogP contribution is -2.39. The number of nitriles is 1. The molecule has 1 rings (SSSR count). The first-order valence-electron chi connectivity index (χ1n) is 4.82. The molecular weight excluding hydrogens is 188 g/mol. The maximum Gasteiger partial charge on any atom is 0.144 e. The van der Waals surface area contributed by atoms with Gasteiger partial charge in [-0.1, -0.05) is 0 Å². The molecule has 15 heavy (non-hydrogen) atoms. The molecule has 0 aliphatic heterocycles. The van der Waals surface area contributed by atoms with Crippen LogP contribution in [0.1, 0.15) is 25.0 Å². The Balaban J connectivity index is 2.87. The van der Waals surface area contributed by atoms with Crippen molar-refractivity contribution in [2.45, 2.75) is 26.3 Å². The van der Waals surface area contributed by atoms with E-state index in [1.807, 2.05) is 26.8 Å². The zero-order valence-corrected chi connectivity index (χ0v) is 9.33. The highest BCUT2D eigenvalue weighted by molar-refractivity contribution is 5.55. The second-order valence-electron chi connectivity index (χ2n) is 4.31. The van der Waals surface area contributed by atoms with E-state index in [0.717, 1.165) is 5.56 Å². The van der Waals surface area contributed by atoms with Gasteiger partial charge in [0.25, 0.3) is 0 Å². The van der Waals surface area contributed by atoms with Crippen molar-refractivity contribution in [1.82, 2.24) is 4.98 Å². The maximum atomic E-state index is 8.97. The van der Waals surface area contributed by atoms with Crippen LogP contribution < -0.4 is 11.1 Å². The van der Waals surface area contributed by atoms with E-state index in [1.165, 1.54) is 0 Å². The summed E-state index contributed by atoms with van der Waals surface area (Å²) in [4.78, 5) is 4.12. The zero-order valence-electron chi connectivity index (χ0n) is 9.33. The second-order valence-corrected chi connectivity index (χ2v) is 4.31. The zero-order chi connectivity index (χ0) is 11.5. The fourth-order valence-electron chi connectivity index (χ4n) is 1.14. The predicted octanol–water partition coefficient (Wildman–Crippen LogP) is 1.41. The highest BCUT2D eigenvalue weighted by Gasteiger charge is 2.12. The Bertz CT molecular complexity index is 385. The van der Waals surface area contributed by atoms with Gasteiger partial charge in [-0.2, -0.15) is 5.26 Å². The van der Waals surface area contributed by atoms with Gasteiger partial charge in [0.1, 0.15) is 11.9 Å². The summed E-state index contributed by atoms with van der Waals surface area (Å²) in [5, 5.41) is 12.1. The fraction of sp³-hybridized carbons (Fsp3) is 0.455. The molecule has 0 amide bonds. The van der Waals surface area contributed by atoms with Gasteiger partial charge in [-0.05, 0) is 32.4 Å². The maximum absolute atomic E-state index is 8.97. The molecule has 0 aliphatic rings. The van der Waals surface area contributed by atoms with Gasteiger partial charge in [-0.25, -0.2) is 4.98 Å². The molecule has 0 atom stereocenters.